The number of amides is 3. The van der Waals surface area contributed by atoms with Crippen molar-refractivity contribution >= 4 is 23.7 Å². The number of aromatic nitrogens is 2. The van der Waals surface area contributed by atoms with Crippen LogP contribution >= 0.6 is 0 Å². The third-order valence-electron chi connectivity index (χ3n) is 5.82. The molecular weight excluding hydrogens is 476 g/mol. The van der Waals surface area contributed by atoms with E-state index < -0.39 is 47.9 Å². The quantitative estimate of drug-likeness (QED) is 0.215. The van der Waals surface area contributed by atoms with Gasteiger partial charge in [0.05, 0.1) is 12.4 Å². The van der Waals surface area contributed by atoms with Crippen molar-refractivity contribution in [3.63, 3.8) is 0 Å². The summed E-state index contributed by atoms with van der Waals surface area (Å²) in [6, 6.07) is 5.02. The summed E-state index contributed by atoms with van der Waals surface area (Å²) in [6.45, 7) is 7.44. The van der Waals surface area contributed by atoms with E-state index in [0.717, 1.165) is 5.56 Å². The number of aliphatic carboxylic acids is 1. The van der Waals surface area contributed by atoms with Crippen LogP contribution in [0.4, 0.5) is 0 Å². The highest BCUT2D eigenvalue weighted by Gasteiger charge is 2.32. The molecule has 2 rings (SSSR count). The second kappa shape index (κ2) is 14.1. The average molecular weight is 515 g/mol. The normalized spacial score (nSPS) is 14.5. The van der Waals surface area contributed by atoms with Crippen LogP contribution in [0.25, 0.3) is 0 Å². The van der Waals surface area contributed by atoms with Crippen LogP contribution in [0.15, 0.2) is 42.9 Å². The first-order valence-corrected chi connectivity index (χ1v) is 12.4. The summed E-state index contributed by atoms with van der Waals surface area (Å²) in [7, 11) is 0. The first-order valence-electron chi connectivity index (χ1n) is 12.4. The molecule has 0 radical (unpaired) electrons. The number of aromatic amines is 1. The Morgan fingerprint density at radius 1 is 0.919 bits per heavy atom. The van der Waals surface area contributed by atoms with Crippen molar-refractivity contribution < 1.29 is 24.3 Å². The van der Waals surface area contributed by atoms with E-state index in [1.807, 2.05) is 19.9 Å². The van der Waals surface area contributed by atoms with Gasteiger partial charge in [-0.05, 0) is 23.8 Å². The zero-order valence-corrected chi connectivity index (χ0v) is 21.7. The van der Waals surface area contributed by atoms with Gasteiger partial charge >= 0.3 is 5.97 Å². The molecule has 0 saturated heterocycles. The molecule has 4 unspecified atom stereocenters. The second-order valence-corrected chi connectivity index (χ2v) is 9.90. The van der Waals surface area contributed by atoms with E-state index in [0.29, 0.717) is 12.1 Å². The Balaban J connectivity index is 2.20. The molecule has 1 aromatic carbocycles. The molecule has 11 heteroatoms. The summed E-state index contributed by atoms with van der Waals surface area (Å²) in [5, 5.41) is 17.6. The molecule has 2 aromatic rings. The molecule has 1 aromatic heterocycles. The van der Waals surface area contributed by atoms with Crippen molar-refractivity contribution in [1.82, 2.24) is 25.9 Å². The minimum atomic E-state index is -1.24. The number of hydrogen-bond donors (Lipinski definition) is 6. The monoisotopic (exact) mass is 514 g/mol. The van der Waals surface area contributed by atoms with Crippen LogP contribution in [0.1, 0.15) is 45.4 Å². The van der Waals surface area contributed by atoms with Crippen molar-refractivity contribution in [2.45, 2.75) is 71.1 Å². The number of carbonyl (C=O) groups excluding carboxylic acids is 3. The van der Waals surface area contributed by atoms with Gasteiger partial charge in [0.25, 0.3) is 0 Å². The summed E-state index contributed by atoms with van der Waals surface area (Å²) in [6.07, 6.45) is 3.48. The van der Waals surface area contributed by atoms with Crippen LogP contribution < -0.4 is 21.7 Å². The van der Waals surface area contributed by atoms with E-state index in [1.54, 1.807) is 38.1 Å². The Bertz CT molecular complexity index is 1030. The number of nitrogens with zero attached hydrogens (tertiary/aromatic N) is 1. The molecule has 3 amide bonds. The standard InChI is InChI=1S/C26H38N6O5/c1-15(2)10-19(27)23(33)32-22(16(3)4)25(35)30-20(11-17-8-6-5-7-9-17)24(34)31-21(26(36)37)12-18-13-28-14-29-18/h5-9,13-16,19-22H,10-12,27H2,1-4H3,(H,28,29)(H,30,35)(H,31,34)(H,32,33)(H,36,37). The molecule has 4 atom stereocenters. The van der Waals surface area contributed by atoms with Crippen LogP contribution in [-0.4, -0.2) is 62.9 Å². The zero-order valence-electron chi connectivity index (χ0n) is 21.7. The molecular formula is C26H38N6O5. The number of rotatable bonds is 14. The summed E-state index contributed by atoms with van der Waals surface area (Å²) in [5.74, 6) is -2.97. The smallest absolute Gasteiger partial charge is 0.326 e. The molecule has 0 aliphatic heterocycles. The number of hydrogen-bond acceptors (Lipinski definition) is 6. The number of benzene rings is 1. The number of carbonyl (C=O) groups is 4. The Morgan fingerprint density at radius 3 is 2.11 bits per heavy atom. The topological polar surface area (TPSA) is 179 Å². The second-order valence-electron chi connectivity index (χ2n) is 9.90. The minimum absolute atomic E-state index is 0.00844. The van der Waals surface area contributed by atoms with Gasteiger partial charge in [0, 0.05) is 24.7 Å². The number of carboxylic acid groups (broad SMARTS) is 1. The lowest BCUT2D eigenvalue weighted by atomic mass is 9.99. The summed E-state index contributed by atoms with van der Waals surface area (Å²) >= 11 is 0. The van der Waals surface area contributed by atoms with Gasteiger partial charge < -0.3 is 31.8 Å². The maximum atomic E-state index is 13.3. The molecule has 0 aliphatic carbocycles. The average Bonchev–Trinajstić information content (AvgIpc) is 3.34. The van der Waals surface area contributed by atoms with E-state index in [-0.39, 0.29) is 24.7 Å². The van der Waals surface area contributed by atoms with Gasteiger partial charge in [0.2, 0.25) is 17.7 Å². The summed E-state index contributed by atoms with van der Waals surface area (Å²) in [5.41, 5.74) is 7.30. The van der Waals surface area contributed by atoms with Gasteiger partial charge in [-0.25, -0.2) is 9.78 Å². The van der Waals surface area contributed by atoms with Crippen LogP contribution in [0.3, 0.4) is 0 Å². The lowest BCUT2D eigenvalue weighted by Gasteiger charge is -2.27. The van der Waals surface area contributed by atoms with Crippen LogP contribution in [0.2, 0.25) is 0 Å². The molecule has 7 N–H and O–H groups in total. The fourth-order valence-electron chi connectivity index (χ4n) is 3.82. The largest absolute Gasteiger partial charge is 0.480 e. The first-order chi connectivity index (χ1) is 17.5. The highest BCUT2D eigenvalue weighted by Crippen LogP contribution is 2.09. The Labute approximate surface area is 217 Å². The van der Waals surface area contributed by atoms with E-state index in [9.17, 15) is 24.3 Å². The molecule has 0 saturated carbocycles. The number of H-pyrrole nitrogens is 1. The SMILES string of the molecule is CC(C)CC(N)C(=O)NC(C(=O)NC(Cc1ccccc1)C(=O)NC(Cc1cnc[nH]1)C(=O)O)C(C)C. The molecule has 1 heterocycles. The van der Waals surface area contributed by atoms with E-state index in [4.69, 9.17) is 5.73 Å². The molecule has 11 nitrogen and oxygen atoms in total. The molecule has 0 aliphatic rings. The number of imidazole rings is 1. The third-order valence-corrected chi connectivity index (χ3v) is 5.82. The summed E-state index contributed by atoms with van der Waals surface area (Å²) < 4.78 is 0. The zero-order chi connectivity index (χ0) is 27.5. The predicted octanol–water partition coefficient (Wildman–Crippen LogP) is 0.763. The third kappa shape index (κ3) is 9.68. The molecule has 0 spiro atoms. The van der Waals surface area contributed by atoms with E-state index >= 15 is 0 Å². The fourth-order valence-corrected chi connectivity index (χ4v) is 3.82. The van der Waals surface area contributed by atoms with Crippen molar-refractivity contribution in [2.24, 2.45) is 17.6 Å². The van der Waals surface area contributed by atoms with Gasteiger partial charge in [-0.1, -0.05) is 58.0 Å². The lowest BCUT2D eigenvalue weighted by Crippen LogP contribution is -2.59. The maximum Gasteiger partial charge on any atom is 0.326 e. The fraction of sp³-hybridized carbons (Fsp3) is 0.500. The van der Waals surface area contributed by atoms with Crippen LogP contribution in [0.5, 0.6) is 0 Å². The van der Waals surface area contributed by atoms with Crippen molar-refractivity contribution in [2.75, 3.05) is 0 Å². The Morgan fingerprint density at radius 2 is 1.57 bits per heavy atom. The van der Waals surface area contributed by atoms with Crippen molar-refractivity contribution in [3.05, 3.63) is 54.1 Å². The lowest BCUT2D eigenvalue weighted by molar-refractivity contribution is -0.142. The molecule has 0 fully saturated rings. The van der Waals surface area contributed by atoms with Gasteiger partial charge in [0.15, 0.2) is 0 Å². The first kappa shape index (κ1) is 29.5. The summed E-state index contributed by atoms with van der Waals surface area (Å²) in [4.78, 5) is 57.6. The van der Waals surface area contributed by atoms with Crippen LogP contribution in [0, 0.1) is 11.8 Å². The number of nitrogens with two attached hydrogens (primary N) is 1. The number of nitrogens with one attached hydrogen (secondary N) is 4. The predicted molar refractivity (Wildman–Crippen MR) is 138 cm³/mol. The van der Waals surface area contributed by atoms with Gasteiger partial charge in [-0.2, -0.15) is 0 Å². The molecule has 0 bridgehead atoms. The Hall–Kier alpha value is -3.73. The minimum Gasteiger partial charge on any atom is -0.480 e. The molecule has 37 heavy (non-hydrogen) atoms. The van der Waals surface area contributed by atoms with E-state index in [1.165, 1.54) is 12.5 Å². The Kier molecular flexibility index (Phi) is 11.3. The molecule has 202 valence electrons. The van der Waals surface area contributed by atoms with Crippen molar-refractivity contribution in [3.8, 4) is 0 Å². The van der Waals surface area contributed by atoms with Gasteiger partial charge in [-0.15, -0.1) is 0 Å². The highest BCUT2D eigenvalue weighted by molar-refractivity contribution is 5.94. The van der Waals surface area contributed by atoms with Crippen molar-refractivity contribution in [1.29, 1.82) is 0 Å². The van der Waals surface area contributed by atoms with Gasteiger partial charge in [0.1, 0.15) is 18.1 Å². The highest BCUT2D eigenvalue weighted by atomic mass is 16.4. The van der Waals surface area contributed by atoms with E-state index in [2.05, 4.69) is 25.9 Å². The van der Waals surface area contributed by atoms with Crippen LogP contribution in [-0.2, 0) is 32.0 Å². The number of carboxylic acids is 1. The van der Waals surface area contributed by atoms with Gasteiger partial charge in [-0.3, -0.25) is 14.4 Å². The maximum absolute atomic E-state index is 13.3.